The first-order valence-electron chi connectivity index (χ1n) is 4.13. The number of hydrogen-bond acceptors (Lipinski definition) is 1. The quantitative estimate of drug-likeness (QED) is 0.516. The van der Waals surface area contributed by atoms with Crippen LogP contribution >= 0.6 is 0 Å². The summed E-state index contributed by atoms with van der Waals surface area (Å²) in [6.07, 6.45) is 0.366. The van der Waals surface area contributed by atoms with E-state index in [1.54, 1.807) is 0 Å². The van der Waals surface area contributed by atoms with Crippen molar-refractivity contribution >= 4 is 13.1 Å². The van der Waals surface area contributed by atoms with Gasteiger partial charge in [0.2, 0.25) is 0 Å². The van der Waals surface area contributed by atoms with E-state index in [-0.39, 0.29) is 11.3 Å². The molecule has 0 saturated carbocycles. The van der Waals surface area contributed by atoms with Crippen LogP contribution < -0.4 is 0 Å². The first kappa shape index (κ1) is 9.90. The van der Waals surface area contributed by atoms with Crippen LogP contribution in [-0.4, -0.2) is 13.1 Å². The van der Waals surface area contributed by atoms with Crippen LogP contribution in [0.4, 0.5) is 8.78 Å². The number of halogens is 2. The van der Waals surface area contributed by atoms with Crippen molar-refractivity contribution < 1.29 is 13.6 Å². The molecule has 0 unspecified atom stereocenters. The third kappa shape index (κ3) is 2.37. The summed E-state index contributed by atoms with van der Waals surface area (Å²) >= 11 is 0. The van der Waals surface area contributed by atoms with Crippen LogP contribution in [0.5, 0.6) is 0 Å². The summed E-state index contributed by atoms with van der Waals surface area (Å²) in [5, 5.41) is 0. The van der Waals surface area contributed by atoms with Crippen molar-refractivity contribution in [1.29, 1.82) is 0 Å². The zero-order valence-electron chi connectivity index (χ0n) is 7.31. The van der Waals surface area contributed by atoms with E-state index in [2.05, 4.69) is 0 Å². The summed E-state index contributed by atoms with van der Waals surface area (Å²) in [5.74, 6) is -2.04. The summed E-state index contributed by atoms with van der Waals surface area (Å²) in [5.41, 5.74) is 0.237. The monoisotopic (exact) mass is 182 g/mol. The number of carbonyl (C=O) groups excluding carboxylic acids is 1. The fourth-order valence-corrected chi connectivity index (χ4v) is 1.04. The lowest BCUT2D eigenvalue weighted by atomic mass is 9.75. The van der Waals surface area contributed by atoms with E-state index in [4.69, 9.17) is 0 Å². The molecule has 0 radical (unpaired) electrons. The molecule has 0 aliphatic carbocycles. The molecular formula is C9H9BF2O. The summed E-state index contributed by atoms with van der Waals surface area (Å²) in [7, 11) is 0.706. The van der Waals surface area contributed by atoms with E-state index >= 15 is 0 Å². The van der Waals surface area contributed by atoms with E-state index in [0.29, 0.717) is 13.6 Å². The molecule has 0 atom stereocenters. The lowest BCUT2D eigenvalue weighted by molar-refractivity contribution is 0.101. The van der Waals surface area contributed by atoms with Gasteiger partial charge in [-0.25, -0.2) is 8.78 Å². The van der Waals surface area contributed by atoms with Crippen LogP contribution in [0.2, 0.25) is 13.1 Å². The first-order valence-corrected chi connectivity index (χ1v) is 4.13. The third-order valence-corrected chi connectivity index (χ3v) is 1.72. The SMILES string of the molecule is CBCC(=O)c1ccc(F)c(F)c1. The van der Waals surface area contributed by atoms with Crippen molar-refractivity contribution in [3.63, 3.8) is 0 Å². The Bertz CT molecular complexity index is 325. The largest absolute Gasteiger partial charge is 0.295 e. The zero-order valence-corrected chi connectivity index (χ0v) is 7.31. The molecule has 13 heavy (non-hydrogen) atoms. The van der Waals surface area contributed by atoms with Gasteiger partial charge in [-0.2, -0.15) is 0 Å². The minimum absolute atomic E-state index is 0.151. The molecule has 1 nitrogen and oxygen atoms in total. The van der Waals surface area contributed by atoms with Crippen LogP contribution in [0.1, 0.15) is 10.4 Å². The molecule has 0 heterocycles. The van der Waals surface area contributed by atoms with Crippen molar-refractivity contribution in [2.45, 2.75) is 13.1 Å². The Balaban J connectivity index is 2.90. The Morgan fingerprint density at radius 2 is 2.08 bits per heavy atom. The molecule has 1 rings (SSSR count). The van der Waals surface area contributed by atoms with Gasteiger partial charge in [0.15, 0.2) is 17.4 Å². The molecule has 0 fully saturated rings. The Labute approximate surface area is 76.0 Å². The highest BCUT2D eigenvalue weighted by molar-refractivity contribution is 6.41. The van der Waals surface area contributed by atoms with Gasteiger partial charge in [-0.3, -0.25) is 4.79 Å². The van der Waals surface area contributed by atoms with Crippen molar-refractivity contribution in [3.05, 3.63) is 35.4 Å². The summed E-state index contributed by atoms with van der Waals surface area (Å²) in [6, 6.07) is 3.21. The minimum atomic E-state index is -0.970. The van der Waals surface area contributed by atoms with Gasteiger partial charge in [0, 0.05) is 5.56 Å². The fourth-order valence-electron chi connectivity index (χ4n) is 1.04. The second-order valence-corrected chi connectivity index (χ2v) is 2.80. The molecule has 1 aromatic carbocycles. The van der Waals surface area contributed by atoms with Gasteiger partial charge in [0.25, 0.3) is 0 Å². The third-order valence-electron chi connectivity index (χ3n) is 1.72. The molecule has 0 spiro atoms. The zero-order chi connectivity index (χ0) is 9.84. The topological polar surface area (TPSA) is 17.1 Å². The Kier molecular flexibility index (Phi) is 3.17. The number of rotatable bonds is 3. The number of Topliss-reactive ketones (excluding diaryl/α,β-unsaturated/α-hetero) is 1. The van der Waals surface area contributed by atoms with Crippen LogP contribution in [0.3, 0.4) is 0 Å². The Morgan fingerprint density at radius 1 is 1.38 bits per heavy atom. The maximum Gasteiger partial charge on any atom is 0.159 e. The van der Waals surface area contributed by atoms with Gasteiger partial charge < -0.3 is 0 Å². The van der Waals surface area contributed by atoms with Crippen molar-refractivity contribution in [2.24, 2.45) is 0 Å². The van der Waals surface area contributed by atoms with Gasteiger partial charge in [-0.15, -0.1) is 0 Å². The molecular weight excluding hydrogens is 173 g/mol. The second kappa shape index (κ2) is 4.17. The van der Waals surface area contributed by atoms with Crippen molar-refractivity contribution in [1.82, 2.24) is 0 Å². The molecule has 1 aromatic rings. The smallest absolute Gasteiger partial charge is 0.159 e. The number of hydrogen-bond donors (Lipinski definition) is 0. The molecule has 68 valence electrons. The maximum atomic E-state index is 12.7. The highest BCUT2D eigenvalue weighted by atomic mass is 19.2. The van der Waals surface area contributed by atoms with Gasteiger partial charge in [-0.1, -0.05) is 6.82 Å². The number of carbonyl (C=O) groups is 1. The first-order chi connectivity index (χ1) is 6.15. The predicted molar refractivity (Wildman–Crippen MR) is 48.5 cm³/mol. The molecule has 0 N–H and O–H groups in total. The van der Waals surface area contributed by atoms with Crippen molar-refractivity contribution in [2.75, 3.05) is 0 Å². The molecule has 0 saturated heterocycles. The van der Waals surface area contributed by atoms with Crippen LogP contribution in [0, 0.1) is 11.6 Å². The lowest BCUT2D eigenvalue weighted by Crippen LogP contribution is -2.02. The highest BCUT2D eigenvalue weighted by Gasteiger charge is 2.08. The van der Waals surface area contributed by atoms with Gasteiger partial charge in [0.05, 0.1) is 0 Å². The molecule has 0 amide bonds. The van der Waals surface area contributed by atoms with Gasteiger partial charge >= 0.3 is 0 Å². The normalized spacial score (nSPS) is 9.77. The Hall–Kier alpha value is -1.19. The minimum Gasteiger partial charge on any atom is -0.295 e. The summed E-state index contributed by atoms with van der Waals surface area (Å²) in [4.78, 5) is 11.2. The molecule has 0 aliphatic rings. The Morgan fingerprint density at radius 3 is 2.62 bits per heavy atom. The van der Waals surface area contributed by atoms with E-state index in [9.17, 15) is 13.6 Å². The summed E-state index contributed by atoms with van der Waals surface area (Å²) in [6.45, 7) is 1.86. The molecule has 0 bridgehead atoms. The molecule has 4 heteroatoms. The van der Waals surface area contributed by atoms with E-state index in [0.717, 1.165) is 12.1 Å². The van der Waals surface area contributed by atoms with Crippen LogP contribution in [0.25, 0.3) is 0 Å². The average molecular weight is 182 g/mol. The van der Waals surface area contributed by atoms with E-state index in [1.165, 1.54) is 6.07 Å². The molecule has 0 aliphatic heterocycles. The van der Waals surface area contributed by atoms with Crippen LogP contribution in [-0.2, 0) is 0 Å². The highest BCUT2D eigenvalue weighted by Crippen LogP contribution is 2.10. The second-order valence-electron chi connectivity index (χ2n) is 2.80. The van der Waals surface area contributed by atoms with E-state index in [1.807, 2.05) is 6.82 Å². The average Bonchev–Trinajstić information content (AvgIpc) is 2.10. The lowest BCUT2D eigenvalue weighted by Gasteiger charge is -1.98. The van der Waals surface area contributed by atoms with Crippen LogP contribution in [0.15, 0.2) is 18.2 Å². The van der Waals surface area contributed by atoms with Gasteiger partial charge in [0.1, 0.15) is 7.28 Å². The summed E-state index contributed by atoms with van der Waals surface area (Å²) < 4.78 is 25.1. The van der Waals surface area contributed by atoms with Crippen molar-refractivity contribution in [3.8, 4) is 0 Å². The number of ketones is 1. The predicted octanol–water partition coefficient (Wildman–Crippen LogP) is 2.05. The maximum absolute atomic E-state index is 12.7. The number of benzene rings is 1. The standard InChI is InChI=1S/C9H9BF2O/c1-10-5-9(13)6-2-3-7(11)8(12)4-6/h2-4,10H,5H2,1H3. The van der Waals surface area contributed by atoms with E-state index < -0.39 is 11.6 Å². The fraction of sp³-hybridized carbons (Fsp3) is 0.222. The molecule has 0 aromatic heterocycles. The van der Waals surface area contributed by atoms with Gasteiger partial charge in [-0.05, 0) is 24.5 Å².